The van der Waals surface area contributed by atoms with E-state index in [0.29, 0.717) is 12.2 Å². The molecular formula is C26H46O5. The number of aliphatic hydroxyl groups is 1. The largest absolute Gasteiger partial charge is 0.481 e. The van der Waals surface area contributed by atoms with Crippen LogP contribution >= 0.6 is 0 Å². The number of hydrogen-bond acceptors (Lipinski definition) is 4. The van der Waals surface area contributed by atoms with Crippen molar-refractivity contribution in [2.45, 2.75) is 129 Å². The van der Waals surface area contributed by atoms with Crippen LogP contribution in [0.25, 0.3) is 0 Å². The molecule has 5 heteroatoms. The summed E-state index contributed by atoms with van der Waals surface area (Å²) >= 11 is 0. The van der Waals surface area contributed by atoms with Gasteiger partial charge in [0.05, 0.1) is 29.8 Å². The lowest BCUT2D eigenvalue weighted by Gasteiger charge is -2.21. The van der Waals surface area contributed by atoms with Gasteiger partial charge in [-0.3, -0.25) is 4.79 Å². The Morgan fingerprint density at radius 1 is 0.839 bits per heavy atom. The second-order valence-electron chi connectivity index (χ2n) is 11.1. The van der Waals surface area contributed by atoms with Gasteiger partial charge in [-0.2, -0.15) is 0 Å². The van der Waals surface area contributed by atoms with Gasteiger partial charge < -0.3 is 19.7 Å². The maximum Gasteiger partial charge on any atom is 0.309 e. The zero-order valence-corrected chi connectivity index (χ0v) is 20.3. The lowest BCUT2D eigenvalue weighted by atomic mass is 9.87. The molecule has 0 aromatic heterocycles. The van der Waals surface area contributed by atoms with E-state index >= 15 is 0 Å². The number of aliphatic hydroxyl groups excluding tert-OH is 1. The Balaban J connectivity index is 1.56. The molecule has 180 valence electrons. The first-order chi connectivity index (χ1) is 14.6. The van der Waals surface area contributed by atoms with E-state index in [-0.39, 0.29) is 24.2 Å². The van der Waals surface area contributed by atoms with E-state index < -0.39 is 11.4 Å². The van der Waals surface area contributed by atoms with E-state index in [1.165, 1.54) is 6.42 Å². The minimum atomic E-state index is -0.711. The van der Waals surface area contributed by atoms with Gasteiger partial charge in [-0.25, -0.2) is 0 Å². The maximum absolute atomic E-state index is 11.2. The van der Waals surface area contributed by atoms with Crippen molar-refractivity contribution in [2.24, 2.45) is 10.8 Å². The molecule has 2 heterocycles. The van der Waals surface area contributed by atoms with Crippen LogP contribution in [0, 0.1) is 10.8 Å². The highest BCUT2D eigenvalue weighted by Crippen LogP contribution is 2.30. The minimum Gasteiger partial charge on any atom is -0.481 e. The van der Waals surface area contributed by atoms with Crippen molar-refractivity contribution in [1.29, 1.82) is 0 Å². The number of aliphatic carboxylic acids is 1. The smallest absolute Gasteiger partial charge is 0.309 e. The van der Waals surface area contributed by atoms with Gasteiger partial charge in [-0.1, -0.05) is 51.7 Å². The fourth-order valence-electron chi connectivity index (χ4n) is 4.52. The summed E-state index contributed by atoms with van der Waals surface area (Å²) in [5, 5.41) is 18.5. The van der Waals surface area contributed by atoms with Crippen LogP contribution in [0.15, 0.2) is 12.2 Å². The number of ether oxygens (including phenoxy) is 2. The van der Waals surface area contributed by atoms with Gasteiger partial charge in [0, 0.05) is 6.61 Å². The molecule has 2 saturated heterocycles. The third kappa shape index (κ3) is 9.63. The van der Waals surface area contributed by atoms with E-state index in [9.17, 15) is 15.0 Å². The zero-order valence-electron chi connectivity index (χ0n) is 20.3. The molecule has 4 atom stereocenters. The molecule has 4 unspecified atom stereocenters. The van der Waals surface area contributed by atoms with Gasteiger partial charge >= 0.3 is 5.97 Å². The zero-order chi connectivity index (χ0) is 22.9. The first-order valence-electron chi connectivity index (χ1n) is 12.4. The van der Waals surface area contributed by atoms with Crippen molar-refractivity contribution >= 4 is 5.97 Å². The number of carboxylic acids is 1. The van der Waals surface area contributed by atoms with Gasteiger partial charge in [0.15, 0.2) is 0 Å². The number of unbranched alkanes of at least 4 members (excludes halogenated alkanes) is 2. The number of carboxylic acid groups (broad SMARTS) is 1. The number of hydrogen-bond donors (Lipinski definition) is 2. The highest BCUT2D eigenvalue weighted by atomic mass is 16.5. The van der Waals surface area contributed by atoms with Crippen LogP contribution in [0.4, 0.5) is 0 Å². The third-order valence-corrected chi connectivity index (χ3v) is 7.04. The van der Waals surface area contributed by atoms with Crippen molar-refractivity contribution in [2.75, 3.05) is 6.61 Å². The van der Waals surface area contributed by atoms with Gasteiger partial charge in [-0.15, -0.1) is 0 Å². The van der Waals surface area contributed by atoms with Crippen LogP contribution in [0.2, 0.25) is 0 Å². The molecule has 2 fully saturated rings. The van der Waals surface area contributed by atoms with Gasteiger partial charge in [-0.05, 0) is 70.6 Å². The van der Waals surface area contributed by atoms with Crippen molar-refractivity contribution < 1.29 is 24.5 Å². The molecule has 0 aliphatic carbocycles. The van der Waals surface area contributed by atoms with E-state index in [1.54, 1.807) is 13.8 Å². The average Bonchev–Trinajstić information content (AvgIpc) is 3.36. The van der Waals surface area contributed by atoms with Crippen LogP contribution in [0.5, 0.6) is 0 Å². The Kier molecular flexibility index (Phi) is 10.5. The molecule has 2 aliphatic heterocycles. The van der Waals surface area contributed by atoms with Crippen molar-refractivity contribution in [3.8, 4) is 0 Å². The molecule has 0 aromatic carbocycles. The average molecular weight is 439 g/mol. The van der Waals surface area contributed by atoms with Gasteiger partial charge in [0.25, 0.3) is 0 Å². The third-order valence-electron chi connectivity index (χ3n) is 7.04. The summed E-state index contributed by atoms with van der Waals surface area (Å²) in [5.74, 6) is -0.711. The highest BCUT2D eigenvalue weighted by molar-refractivity contribution is 5.73. The second-order valence-corrected chi connectivity index (χ2v) is 11.1. The van der Waals surface area contributed by atoms with E-state index in [4.69, 9.17) is 9.47 Å². The topological polar surface area (TPSA) is 76.0 Å². The number of rotatable bonds is 14. The summed E-state index contributed by atoms with van der Waals surface area (Å²) in [6.45, 7) is 8.10. The van der Waals surface area contributed by atoms with E-state index in [0.717, 1.165) is 70.6 Å². The van der Waals surface area contributed by atoms with Gasteiger partial charge in [0.1, 0.15) is 0 Å². The summed E-state index contributed by atoms with van der Waals surface area (Å²) in [6, 6.07) is 0. The maximum atomic E-state index is 11.2. The molecule has 0 radical (unpaired) electrons. The lowest BCUT2D eigenvalue weighted by Crippen LogP contribution is -2.23. The molecule has 2 aliphatic rings. The predicted octanol–water partition coefficient (Wildman–Crippen LogP) is 5.89. The Morgan fingerprint density at radius 3 is 1.77 bits per heavy atom. The Labute approximate surface area is 189 Å². The fraction of sp³-hybridized carbons (Fsp3) is 0.885. The summed E-state index contributed by atoms with van der Waals surface area (Å²) in [7, 11) is 0. The van der Waals surface area contributed by atoms with Crippen LogP contribution in [0.3, 0.4) is 0 Å². The Bertz CT molecular complexity index is 568. The van der Waals surface area contributed by atoms with Crippen LogP contribution in [0.1, 0.15) is 105 Å². The second kappa shape index (κ2) is 12.4. The Morgan fingerprint density at radius 2 is 1.32 bits per heavy atom. The molecule has 0 aromatic rings. The first-order valence-corrected chi connectivity index (χ1v) is 12.4. The quantitative estimate of drug-likeness (QED) is 0.261. The Hall–Kier alpha value is -0.910. The molecule has 2 N–H and O–H groups in total. The normalized spacial score (nSPS) is 27.4. The van der Waals surface area contributed by atoms with Crippen LogP contribution in [-0.4, -0.2) is 47.2 Å². The molecule has 2 rings (SSSR count). The summed E-state index contributed by atoms with van der Waals surface area (Å²) in [5.41, 5.74) is -0.590. The summed E-state index contributed by atoms with van der Waals surface area (Å²) in [4.78, 5) is 11.2. The fourth-order valence-corrected chi connectivity index (χ4v) is 4.52. The van der Waals surface area contributed by atoms with E-state index in [2.05, 4.69) is 26.0 Å². The molecule has 0 bridgehead atoms. The van der Waals surface area contributed by atoms with Crippen molar-refractivity contribution in [1.82, 2.24) is 0 Å². The SMILES string of the molecule is CC(C)(CO)CCCCC1CCC(/C=C/C2CCC(CCCCC(C)(C)C(=O)O)O2)O1. The van der Waals surface area contributed by atoms with Crippen LogP contribution in [-0.2, 0) is 14.3 Å². The summed E-state index contributed by atoms with van der Waals surface area (Å²) < 4.78 is 12.4. The molecule has 31 heavy (non-hydrogen) atoms. The van der Waals surface area contributed by atoms with Crippen LogP contribution < -0.4 is 0 Å². The predicted molar refractivity (Wildman–Crippen MR) is 124 cm³/mol. The summed E-state index contributed by atoms with van der Waals surface area (Å²) in [6.07, 6.45) is 18.1. The molecule has 0 saturated carbocycles. The van der Waals surface area contributed by atoms with Gasteiger partial charge in [0.2, 0.25) is 0 Å². The minimum absolute atomic E-state index is 0.0377. The van der Waals surface area contributed by atoms with Crippen molar-refractivity contribution in [3.63, 3.8) is 0 Å². The number of carbonyl (C=O) groups is 1. The standard InChI is InChI=1S/C26H46O5/c1-25(2,19-27)17-7-5-9-20-11-13-22(30-20)15-16-23-14-12-21(31-23)10-6-8-18-26(3,4)24(28)29/h15-16,20-23,27H,5-14,17-19H2,1-4H3,(H,28,29)/b16-15+. The molecular weight excluding hydrogens is 392 g/mol. The van der Waals surface area contributed by atoms with E-state index in [1.807, 2.05) is 0 Å². The highest BCUT2D eigenvalue weighted by Gasteiger charge is 2.28. The van der Waals surface area contributed by atoms with Crippen molar-refractivity contribution in [3.05, 3.63) is 12.2 Å². The lowest BCUT2D eigenvalue weighted by molar-refractivity contribution is -0.147. The molecule has 0 amide bonds. The molecule has 0 spiro atoms. The monoisotopic (exact) mass is 438 g/mol. The molecule has 5 nitrogen and oxygen atoms in total. The first kappa shape index (κ1) is 26.3.